The maximum absolute atomic E-state index is 3.23. The van der Waals surface area contributed by atoms with Crippen molar-refractivity contribution in [3.8, 4) is 0 Å². The predicted molar refractivity (Wildman–Crippen MR) is 60.5 cm³/mol. The van der Waals surface area contributed by atoms with E-state index < -0.39 is 0 Å². The normalized spacial score (nSPS) is 10.7. The Morgan fingerprint density at radius 3 is 2.69 bits per heavy atom. The molecule has 0 aliphatic heterocycles. The number of hydrogen-bond acceptors (Lipinski definition) is 2. The van der Waals surface area contributed by atoms with Crippen LogP contribution in [-0.2, 0) is 19.4 Å². The maximum Gasteiger partial charge on any atom is 0.0213 e. The summed E-state index contributed by atoms with van der Waals surface area (Å²) in [6.07, 6.45) is 3.67. The van der Waals surface area contributed by atoms with Crippen LogP contribution in [-0.4, -0.2) is 7.05 Å². The molecule has 1 rings (SSSR count). The average molecular weight is 197 g/mol. The fraction of sp³-hybridized carbons (Fsp3) is 0.636. The molecule has 1 N–H and O–H groups in total. The molecule has 0 amide bonds. The molecule has 0 radical (unpaired) electrons. The van der Waals surface area contributed by atoms with Crippen LogP contribution in [0.5, 0.6) is 0 Å². The third kappa shape index (κ3) is 2.55. The zero-order valence-electron chi connectivity index (χ0n) is 8.81. The topological polar surface area (TPSA) is 12.0 Å². The zero-order valence-corrected chi connectivity index (χ0v) is 9.63. The van der Waals surface area contributed by atoms with Crippen LogP contribution >= 0.6 is 11.3 Å². The van der Waals surface area contributed by atoms with Crippen molar-refractivity contribution in [2.24, 2.45) is 0 Å². The first-order valence-corrected chi connectivity index (χ1v) is 5.94. The van der Waals surface area contributed by atoms with Gasteiger partial charge in [0.2, 0.25) is 0 Å². The molecule has 74 valence electrons. The molecule has 0 atom stereocenters. The Balaban J connectivity index is 2.85. The third-order valence-electron chi connectivity index (χ3n) is 2.26. The Morgan fingerprint density at radius 2 is 2.15 bits per heavy atom. The van der Waals surface area contributed by atoms with E-state index >= 15 is 0 Å². The molecule has 0 spiro atoms. The Kier molecular flexibility index (Phi) is 4.46. The molecule has 2 heteroatoms. The lowest BCUT2D eigenvalue weighted by Crippen LogP contribution is -2.06. The molecule has 13 heavy (non-hydrogen) atoms. The van der Waals surface area contributed by atoms with Crippen molar-refractivity contribution < 1.29 is 0 Å². The van der Waals surface area contributed by atoms with Crippen molar-refractivity contribution in [1.29, 1.82) is 0 Å². The first-order valence-electron chi connectivity index (χ1n) is 5.06. The van der Waals surface area contributed by atoms with Gasteiger partial charge in [-0.05, 0) is 36.4 Å². The van der Waals surface area contributed by atoms with Crippen LogP contribution < -0.4 is 5.32 Å². The molecule has 0 aromatic carbocycles. The summed E-state index contributed by atoms with van der Waals surface area (Å²) in [5.74, 6) is 0. The summed E-state index contributed by atoms with van der Waals surface area (Å²) in [5, 5.41) is 5.53. The summed E-state index contributed by atoms with van der Waals surface area (Å²) in [6.45, 7) is 5.51. The van der Waals surface area contributed by atoms with E-state index in [4.69, 9.17) is 0 Å². The highest BCUT2D eigenvalue weighted by molar-refractivity contribution is 7.10. The van der Waals surface area contributed by atoms with Crippen molar-refractivity contribution in [3.05, 3.63) is 21.4 Å². The fourth-order valence-electron chi connectivity index (χ4n) is 1.65. The van der Waals surface area contributed by atoms with Gasteiger partial charge < -0.3 is 5.32 Å². The van der Waals surface area contributed by atoms with Gasteiger partial charge in [0, 0.05) is 11.4 Å². The van der Waals surface area contributed by atoms with Gasteiger partial charge in [-0.3, -0.25) is 0 Å². The van der Waals surface area contributed by atoms with Gasteiger partial charge in [0.05, 0.1) is 0 Å². The minimum Gasteiger partial charge on any atom is -0.316 e. The summed E-state index contributed by atoms with van der Waals surface area (Å²) in [7, 11) is 2.01. The third-order valence-corrected chi connectivity index (χ3v) is 3.48. The highest BCUT2D eigenvalue weighted by Gasteiger charge is 2.08. The van der Waals surface area contributed by atoms with Crippen molar-refractivity contribution in [1.82, 2.24) is 5.32 Å². The first-order chi connectivity index (χ1) is 6.33. The van der Waals surface area contributed by atoms with Gasteiger partial charge in [0.25, 0.3) is 0 Å². The molecule has 0 fully saturated rings. The largest absolute Gasteiger partial charge is 0.316 e. The summed E-state index contributed by atoms with van der Waals surface area (Å²) >= 11 is 1.92. The number of thiophene rings is 1. The van der Waals surface area contributed by atoms with E-state index in [1.165, 1.54) is 24.8 Å². The van der Waals surface area contributed by atoms with E-state index in [-0.39, 0.29) is 0 Å². The quantitative estimate of drug-likeness (QED) is 0.765. The molecule has 1 nitrogen and oxygen atoms in total. The van der Waals surface area contributed by atoms with Crippen LogP contribution in [0.25, 0.3) is 0 Å². The van der Waals surface area contributed by atoms with Crippen LogP contribution in [0.1, 0.15) is 36.3 Å². The lowest BCUT2D eigenvalue weighted by Gasteiger charge is -2.04. The average Bonchev–Trinajstić information content (AvgIpc) is 2.50. The number of rotatable bonds is 5. The molecule has 0 saturated heterocycles. The van der Waals surface area contributed by atoms with E-state index in [0.717, 1.165) is 6.54 Å². The molecular weight excluding hydrogens is 178 g/mol. The van der Waals surface area contributed by atoms with Gasteiger partial charge >= 0.3 is 0 Å². The second kappa shape index (κ2) is 5.40. The zero-order chi connectivity index (χ0) is 9.68. The van der Waals surface area contributed by atoms with Gasteiger partial charge in [-0.2, -0.15) is 0 Å². The number of hydrogen-bond donors (Lipinski definition) is 1. The Labute approximate surface area is 85.2 Å². The fourth-order valence-corrected chi connectivity index (χ4v) is 2.70. The van der Waals surface area contributed by atoms with Crippen LogP contribution in [0.3, 0.4) is 0 Å². The van der Waals surface area contributed by atoms with Gasteiger partial charge in [0.15, 0.2) is 0 Å². The van der Waals surface area contributed by atoms with Gasteiger partial charge in [0.1, 0.15) is 0 Å². The maximum atomic E-state index is 3.23. The van der Waals surface area contributed by atoms with Crippen molar-refractivity contribution in [2.45, 2.75) is 39.7 Å². The molecule has 0 saturated carbocycles. The van der Waals surface area contributed by atoms with Gasteiger partial charge in [-0.25, -0.2) is 0 Å². The van der Waals surface area contributed by atoms with E-state index in [0.29, 0.717) is 0 Å². The molecule has 0 aliphatic carbocycles. The monoisotopic (exact) mass is 197 g/mol. The number of aryl methyl sites for hydroxylation is 1. The summed E-state index contributed by atoms with van der Waals surface area (Å²) in [5.41, 5.74) is 3.11. The molecule has 1 aromatic rings. The second-order valence-corrected chi connectivity index (χ2v) is 4.26. The Hall–Kier alpha value is -0.340. The standard InChI is InChI=1S/C11H19NS/c1-4-6-10-9(7-12-3)8-13-11(10)5-2/h8,12H,4-7H2,1-3H3. The molecule has 0 aliphatic rings. The highest BCUT2D eigenvalue weighted by Crippen LogP contribution is 2.24. The van der Waals surface area contributed by atoms with Crippen molar-refractivity contribution in [3.63, 3.8) is 0 Å². The molecule has 1 heterocycles. The van der Waals surface area contributed by atoms with Crippen molar-refractivity contribution in [2.75, 3.05) is 7.05 Å². The Morgan fingerprint density at radius 1 is 1.38 bits per heavy atom. The van der Waals surface area contributed by atoms with E-state index in [2.05, 4.69) is 24.5 Å². The van der Waals surface area contributed by atoms with E-state index in [1.54, 1.807) is 10.4 Å². The minimum absolute atomic E-state index is 1.02. The molecule has 0 bridgehead atoms. The smallest absolute Gasteiger partial charge is 0.0213 e. The summed E-state index contributed by atoms with van der Waals surface area (Å²) in [6, 6.07) is 0. The van der Waals surface area contributed by atoms with Crippen LogP contribution in [0.2, 0.25) is 0 Å². The van der Waals surface area contributed by atoms with E-state index in [1.807, 2.05) is 18.4 Å². The Bertz CT molecular complexity index is 253. The predicted octanol–water partition coefficient (Wildman–Crippen LogP) is 2.98. The molecule has 1 aromatic heterocycles. The summed E-state index contributed by atoms with van der Waals surface area (Å²) in [4.78, 5) is 1.58. The van der Waals surface area contributed by atoms with Gasteiger partial charge in [-0.1, -0.05) is 20.3 Å². The SMILES string of the molecule is CCCc1c(CNC)csc1CC. The second-order valence-electron chi connectivity index (χ2n) is 3.30. The highest BCUT2D eigenvalue weighted by atomic mass is 32.1. The first kappa shape index (κ1) is 10.7. The number of nitrogens with one attached hydrogen (secondary N) is 1. The van der Waals surface area contributed by atoms with Crippen LogP contribution in [0.15, 0.2) is 5.38 Å². The van der Waals surface area contributed by atoms with Crippen molar-refractivity contribution >= 4 is 11.3 Å². The lowest BCUT2D eigenvalue weighted by molar-refractivity contribution is 0.795. The molecular formula is C11H19NS. The van der Waals surface area contributed by atoms with E-state index in [9.17, 15) is 0 Å². The molecule has 0 unspecified atom stereocenters. The summed E-state index contributed by atoms with van der Waals surface area (Å²) < 4.78 is 0. The van der Waals surface area contributed by atoms with Crippen LogP contribution in [0, 0.1) is 0 Å². The lowest BCUT2D eigenvalue weighted by atomic mass is 10.0. The minimum atomic E-state index is 1.02. The van der Waals surface area contributed by atoms with Crippen LogP contribution in [0.4, 0.5) is 0 Å². The van der Waals surface area contributed by atoms with Gasteiger partial charge in [-0.15, -0.1) is 11.3 Å².